The van der Waals surface area contributed by atoms with Crippen molar-refractivity contribution in [3.63, 3.8) is 0 Å². The zero-order chi connectivity index (χ0) is 12.0. The number of nitrogens with two attached hydrogens (primary N) is 1. The molecule has 0 bridgehead atoms. The highest BCUT2D eigenvalue weighted by Gasteiger charge is 2.12. The number of aromatic nitrogens is 1. The van der Waals surface area contributed by atoms with Crippen molar-refractivity contribution in [3.05, 3.63) is 36.4 Å². The van der Waals surface area contributed by atoms with Gasteiger partial charge in [0.2, 0.25) is 5.91 Å². The van der Waals surface area contributed by atoms with E-state index in [1.165, 1.54) is 11.3 Å². The molecule has 0 fully saturated rings. The van der Waals surface area contributed by atoms with Crippen molar-refractivity contribution in [2.24, 2.45) is 0 Å². The summed E-state index contributed by atoms with van der Waals surface area (Å²) >= 11 is 1.34. The van der Waals surface area contributed by atoms with E-state index in [4.69, 9.17) is 5.73 Å². The van der Waals surface area contributed by atoms with E-state index in [9.17, 15) is 4.79 Å². The normalized spacial score (nSPS) is 9.75. The Balaban J connectivity index is 2.60. The molecule has 0 aliphatic carbocycles. The van der Waals surface area contributed by atoms with Gasteiger partial charge >= 0.3 is 0 Å². The Bertz CT molecular complexity index is 376. The van der Waals surface area contributed by atoms with Gasteiger partial charge in [-0.05, 0) is 0 Å². The van der Waals surface area contributed by atoms with E-state index in [0.717, 1.165) is 0 Å². The summed E-state index contributed by atoms with van der Waals surface area (Å²) < 4.78 is 0. The second-order valence-corrected chi connectivity index (χ2v) is 4.12. The van der Waals surface area contributed by atoms with Crippen molar-refractivity contribution >= 4 is 22.4 Å². The van der Waals surface area contributed by atoms with E-state index < -0.39 is 0 Å². The van der Waals surface area contributed by atoms with Gasteiger partial charge in [0.15, 0.2) is 5.13 Å². The molecule has 16 heavy (non-hydrogen) atoms. The number of carbonyl (C=O) groups excluding carboxylic acids is 1. The van der Waals surface area contributed by atoms with Crippen LogP contribution in [-0.4, -0.2) is 28.9 Å². The number of carbonyl (C=O) groups is 1. The van der Waals surface area contributed by atoms with E-state index in [0.29, 0.717) is 23.9 Å². The lowest BCUT2D eigenvalue weighted by atomic mass is 10.3. The fourth-order valence-electron chi connectivity index (χ4n) is 1.26. The number of hydrogen-bond acceptors (Lipinski definition) is 4. The molecule has 0 saturated heterocycles. The maximum atomic E-state index is 11.9. The Hall–Kier alpha value is -1.62. The van der Waals surface area contributed by atoms with E-state index >= 15 is 0 Å². The van der Waals surface area contributed by atoms with Crippen LogP contribution < -0.4 is 5.73 Å². The summed E-state index contributed by atoms with van der Waals surface area (Å²) in [6, 6.07) is 0. The first-order valence-electron chi connectivity index (χ1n) is 4.86. The van der Waals surface area contributed by atoms with Crippen molar-refractivity contribution < 1.29 is 4.79 Å². The molecule has 5 heteroatoms. The van der Waals surface area contributed by atoms with Gasteiger partial charge in [0.25, 0.3) is 0 Å². The Labute approximate surface area is 99.1 Å². The van der Waals surface area contributed by atoms with Crippen molar-refractivity contribution in [3.8, 4) is 0 Å². The average Bonchev–Trinajstić information content (AvgIpc) is 2.63. The van der Waals surface area contributed by atoms with Gasteiger partial charge in [-0.15, -0.1) is 24.5 Å². The van der Waals surface area contributed by atoms with E-state index in [1.54, 1.807) is 22.4 Å². The summed E-state index contributed by atoms with van der Waals surface area (Å²) in [5.41, 5.74) is 6.21. The molecule has 2 N–H and O–H groups in total. The van der Waals surface area contributed by atoms with Crippen LogP contribution in [0.15, 0.2) is 30.7 Å². The molecule has 0 spiro atoms. The molecule has 1 rings (SSSR count). The SMILES string of the molecule is C=CCN(CC=C)C(=O)Cc1csc(N)n1. The van der Waals surface area contributed by atoms with Crippen molar-refractivity contribution in [1.29, 1.82) is 0 Å². The molecule has 0 aromatic carbocycles. The third-order valence-electron chi connectivity index (χ3n) is 1.95. The van der Waals surface area contributed by atoms with Crippen LogP contribution in [0.5, 0.6) is 0 Å². The second kappa shape index (κ2) is 6.07. The quantitative estimate of drug-likeness (QED) is 0.762. The van der Waals surface area contributed by atoms with Gasteiger partial charge in [0.1, 0.15) is 0 Å². The van der Waals surface area contributed by atoms with Gasteiger partial charge in [0, 0.05) is 18.5 Å². The standard InChI is InChI=1S/C11H15N3OS/c1-3-5-14(6-4-2)10(15)7-9-8-16-11(12)13-9/h3-4,8H,1-2,5-7H2,(H2,12,13). The monoisotopic (exact) mass is 237 g/mol. The van der Waals surface area contributed by atoms with E-state index in [1.807, 2.05) is 0 Å². The summed E-state index contributed by atoms with van der Waals surface area (Å²) in [6.45, 7) is 8.27. The van der Waals surface area contributed by atoms with Crippen LogP contribution in [0.25, 0.3) is 0 Å². The lowest BCUT2D eigenvalue weighted by Gasteiger charge is -2.18. The molecular weight excluding hydrogens is 222 g/mol. The topological polar surface area (TPSA) is 59.2 Å². The van der Waals surface area contributed by atoms with Crippen LogP contribution in [0.1, 0.15) is 5.69 Å². The minimum atomic E-state index is 0.00472. The zero-order valence-electron chi connectivity index (χ0n) is 9.06. The highest BCUT2D eigenvalue weighted by molar-refractivity contribution is 7.13. The Morgan fingerprint density at radius 2 is 2.12 bits per heavy atom. The third kappa shape index (κ3) is 3.51. The highest BCUT2D eigenvalue weighted by Crippen LogP contribution is 2.12. The van der Waals surface area contributed by atoms with Gasteiger partial charge in [0.05, 0.1) is 12.1 Å². The predicted molar refractivity (Wildman–Crippen MR) is 67.2 cm³/mol. The number of amides is 1. The van der Waals surface area contributed by atoms with Crippen LogP contribution in [0.2, 0.25) is 0 Å². The van der Waals surface area contributed by atoms with E-state index in [2.05, 4.69) is 18.1 Å². The van der Waals surface area contributed by atoms with Crippen LogP contribution in [0.3, 0.4) is 0 Å². The fourth-order valence-corrected chi connectivity index (χ4v) is 1.82. The summed E-state index contributed by atoms with van der Waals surface area (Å²) in [5, 5.41) is 2.29. The van der Waals surface area contributed by atoms with Crippen molar-refractivity contribution in [1.82, 2.24) is 9.88 Å². The number of thiazole rings is 1. The van der Waals surface area contributed by atoms with Gasteiger partial charge in [-0.1, -0.05) is 12.2 Å². The predicted octanol–water partition coefficient (Wildman–Crippen LogP) is 1.47. The molecule has 1 heterocycles. The first kappa shape index (κ1) is 12.4. The number of hydrogen-bond donors (Lipinski definition) is 1. The number of rotatable bonds is 6. The summed E-state index contributed by atoms with van der Waals surface area (Å²) in [7, 11) is 0. The fraction of sp³-hybridized carbons (Fsp3) is 0.273. The van der Waals surface area contributed by atoms with Gasteiger partial charge in [-0.3, -0.25) is 4.79 Å². The smallest absolute Gasteiger partial charge is 0.229 e. The molecule has 0 aliphatic heterocycles. The molecule has 0 radical (unpaired) electrons. The molecule has 0 saturated carbocycles. The molecule has 1 aromatic rings. The Kier molecular flexibility index (Phi) is 4.72. The minimum absolute atomic E-state index is 0.00472. The first-order valence-corrected chi connectivity index (χ1v) is 5.74. The number of anilines is 1. The molecular formula is C11H15N3OS. The van der Waals surface area contributed by atoms with Gasteiger partial charge in [-0.2, -0.15) is 0 Å². The molecule has 4 nitrogen and oxygen atoms in total. The molecule has 86 valence electrons. The van der Waals surface area contributed by atoms with Crippen LogP contribution in [0.4, 0.5) is 5.13 Å². The highest BCUT2D eigenvalue weighted by atomic mass is 32.1. The molecule has 0 atom stereocenters. The Morgan fingerprint density at radius 3 is 2.56 bits per heavy atom. The van der Waals surface area contributed by atoms with Gasteiger partial charge < -0.3 is 10.6 Å². The van der Waals surface area contributed by atoms with Crippen molar-refractivity contribution in [2.45, 2.75) is 6.42 Å². The van der Waals surface area contributed by atoms with Crippen LogP contribution in [-0.2, 0) is 11.2 Å². The molecule has 0 unspecified atom stereocenters. The van der Waals surface area contributed by atoms with Crippen molar-refractivity contribution in [2.75, 3.05) is 18.8 Å². The maximum Gasteiger partial charge on any atom is 0.229 e. The maximum absolute atomic E-state index is 11.9. The molecule has 1 amide bonds. The first-order chi connectivity index (χ1) is 7.67. The lowest BCUT2D eigenvalue weighted by Crippen LogP contribution is -2.32. The van der Waals surface area contributed by atoms with Crippen LogP contribution in [0, 0.1) is 0 Å². The summed E-state index contributed by atoms with van der Waals surface area (Å²) in [6.07, 6.45) is 3.66. The Morgan fingerprint density at radius 1 is 1.50 bits per heavy atom. The summed E-state index contributed by atoms with van der Waals surface area (Å²) in [4.78, 5) is 17.6. The van der Waals surface area contributed by atoms with Gasteiger partial charge in [-0.25, -0.2) is 4.98 Å². The number of nitrogens with zero attached hydrogens (tertiary/aromatic N) is 2. The summed E-state index contributed by atoms with van der Waals surface area (Å²) in [5.74, 6) is 0.00472. The number of nitrogen functional groups attached to an aromatic ring is 1. The van der Waals surface area contributed by atoms with E-state index in [-0.39, 0.29) is 12.3 Å². The third-order valence-corrected chi connectivity index (χ3v) is 2.68. The minimum Gasteiger partial charge on any atom is -0.375 e. The molecule has 0 aliphatic rings. The van der Waals surface area contributed by atoms with Crippen LogP contribution >= 0.6 is 11.3 Å². The average molecular weight is 237 g/mol. The lowest BCUT2D eigenvalue weighted by molar-refractivity contribution is -0.129. The zero-order valence-corrected chi connectivity index (χ0v) is 9.87. The second-order valence-electron chi connectivity index (χ2n) is 3.23. The largest absolute Gasteiger partial charge is 0.375 e. The molecule has 1 aromatic heterocycles.